The maximum atomic E-state index is 13.6. The number of aromatic nitrogens is 3. The summed E-state index contributed by atoms with van der Waals surface area (Å²) in [5, 5.41) is 17.1. The third-order valence-corrected chi connectivity index (χ3v) is 7.99. The largest absolute Gasteiger partial charge is 0.492 e. The molecule has 13 heteroatoms. The smallest absolute Gasteiger partial charge is 0.257 e. The van der Waals surface area contributed by atoms with Gasteiger partial charge in [-0.2, -0.15) is 0 Å². The molecule has 4 amide bonds. The average molecular weight is 656 g/mol. The first-order chi connectivity index (χ1) is 23.2. The first-order valence-electron chi connectivity index (χ1n) is 16.1. The Kier molecular flexibility index (Phi) is 11.6. The molecule has 0 saturated carbocycles. The van der Waals surface area contributed by atoms with E-state index in [2.05, 4.69) is 26.3 Å². The second-order valence-corrected chi connectivity index (χ2v) is 12.0. The Bertz CT molecular complexity index is 1670. The molecule has 0 saturated heterocycles. The fourth-order valence-electron chi connectivity index (χ4n) is 5.40. The fourth-order valence-corrected chi connectivity index (χ4v) is 5.40. The van der Waals surface area contributed by atoms with E-state index in [9.17, 15) is 19.2 Å². The molecular weight excluding hydrogens is 614 g/mol. The van der Waals surface area contributed by atoms with E-state index in [-0.39, 0.29) is 43.7 Å². The Labute approximate surface area is 279 Å². The molecule has 0 unspecified atom stereocenters. The summed E-state index contributed by atoms with van der Waals surface area (Å²) in [6.07, 6.45) is 5.34. The van der Waals surface area contributed by atoms with Crippen molar-refractivity contribution in [1.29, 1.82) is 0 Å². The minimum Gasteiger partial charge on any atom is -0.492 e. The van der Waals surface area contributed by atoms with E-state index in [1.54, 1.807) is 21.7 Å². The quantitative estimate of drug-likeness (QED) is 0.302. The number of nitrogens with zero attached hydrogens (tertiary/aromatic N) is 4. The zero-order valence-electron chi connectivity index (χ0n) is 27.1. The number of hydrogen-bond acceptors (Lipinski definition) is 8. The Morgan fingerprint density at radius 2 is 1.81 bits per heavy atom. The summed E-state index contributed by atoms with van der Waals surface area (Å²) in [6.45, 7) is 5.09. The molecule has 0 spiro atoms. The van der Waals surface area contributed by atoms with Crippen LogP contribution in [0.5, 0.6) is 5.75 Å². The molecule has 0 radical (unpaired) electrons. The van der Waals surface area contributed by atoms with Crippen molar-refractivity contribution in [2.45, 2.75) is 51.7 Å². The number of nitrogens with one attached hydrogen (secondary N) is 3. The molecule has 3 heterocycles. The monoisotopic (exact) mass is 655 g/mol. The van der Waals surface area contributed by atoms with E-state index < -0.39 is 23.9 Å². The van der Waals surface area contributed by atoms with Crippen molar-refractivity contribution in [1.82, 2.24) is 35.8 Å². The Morgan fingerprint density at radius 1 is 0.979 bits per heavy atom. The topological polar surface area (TPSA) is 161 Å². The normalized spacial score (nSPS) is 18.7. The number of carbonyl (C=O) groups excluding carboxylic acids is 4. The molecule has 0 fully saturated rings. The second kappa shape index (κ2) is 16.4. The van der Waals surface area contributed by atoms with Gasteiger partial charge in [-0.05, 0) is 35.2 Å². The van der Waals surface area contributed by atoms with Crippen molar-refractivity contribution in [2.75, 3.05) is 26.2 Å². The van der Waals surface area contributed by atoms with E-state index >= 15 is 0 Å². The minimum absolute atomic E-state index is 0.0438. The Morgan fingerprint density at radius 3 is 2.58 bits per heavy atom. The van der Waals surface area contributed by atoms with Gasteiger partial charge in [0.15, 0.2) is 0 Å². The fraction of sp³-hybridized carbons (Fsp3) is 0.371. The highest BCUT2D eigenvalue weighted by atomic mass is 16.5. The van der Waals surface area contributed by atoms with Gasteiger partial charge in [-0.1, -0.05) is 61.5 Å². The van der Waals surface area contributed by atoms with Gasteiger partial charge < -0.3 is 30.0 Å². The maximum absolute atomic E-state index is 13.6. The van der Waals surface area contributed by atoms with E-state index in [0.29, 0.717) is 43.1 Å². The van der Waals surface area contributed by atoms with Crippen molar-refractivity contribution < 1.29 is 28.3 Å². The SMILES string of the molecule is CC(C)[C@H]1NC(=O)Cc2cccc(c2)OCCn2cc(nn2)CCN(C(=O)c2ccoc2)CCNC(=O)[C@H](Cc2ccccc2)NC1=O. The molecule has 4 bridgehead atoms. The lowest BCUT2D eigenvalue weighted by atomic mass is 10.0. The zero-order chi connectivity index (χ0) is 33.9. The van der Waals surface area contributed by atoms with Crippen LogP contribution < -0.4 is 20.7 Å². The summed E-state index contributed by atoms with van der Waals surface area (Å²) >= 11 is 0. The van der Waals surface area contributed by atoms with Gasteiger partial charge in [-0.15, -0.1) is 5.10 Å². The Hall–Kier alpha value is -5.46. The number of benzene rings is 2. The van der Waals surface area contributed by atoms with Crippen LogP contribution in [-0.2, 0) is 40.2 Å². The van der Waals surface area contributed by atoms with Crippen LogP contribution in [0.1, 0.15) is 41.0 Å². The predicted molar refractivity (Wildman–Crippen MR) is 176 cm³/mol. The molecule has 48 heavy (non-hydrogen) atoms. The lowest BCUT2D eigenvalue weighted by molar-refractivity contribution is -0.132. The van der Waals surface area contributed by atoms with Gasteiger partial charge in [0.05, 0.1) is 30.5 Å². The summed E-state index contributed by atoms with van der Waals surface area (Å²) < 4.78 is 12.7. The summed E-state index contributed by atoms with van der Waals surface area (Å²) in [5.41, 5.74) is 2.66. The number of fused-ring (bicyclic) bond motifs is 4. The summed E-state index contributed by atoms with van der Waals surface area (Å²) in [7, 11) is 0. The molecule has 5 rings (SSSR count). The lowest BCUT2D eigenvalue weighted by Crippen LogP contribution is -2.56. The highest BCUT2D eigenvalue weighted by molar-refractivity contribution is 5.94. The minimum atomic E-state index is -0.929. The van der Waals surface area contributed by atoms with E-state index in [4.69, 9.17) is 9.15 Å². The standard InChI is InChI=1S/C35H41N7O6/c1-24(2)32-34(45)37-30(20-25-7-4-3-5-8-25)33(44)36-13-15-41(35(46)27-12-17-47-23-27)14-11-28-22-42(40-39-28)16-18-48-29-10-6-9-26(19-29)21-31(43)38-32/h3-10,12,17,19,22-24,30,32H,11,13-16,18,20-21H2,1-2H3,(H,36,44)(H,37,45)(H,38,43)/t30-,32+/m0/s1. The molecule has 1 aliphatic rings. The molecule has 252 valence electrons. The van der Waals surface area contributed by atoms with Gasteiger partial charge in [0.25, 0.3) is 5.91 Å². The van der Waals surface area contributed by atoms with Gasteiger partial charge in [0.2, 0.25) is 17.7 Å². The van der Waals surface area contributed by atoms with Crippen LogP contribution in [0, 0.1) is 5.92 Å². The highest BCUT2D eigenvalue weighted by Crippen LogP contribution is 2.15. The first-order valence-corrected chi connectivity index (χ1v) is 16.1. The average Bonchev–Trinajstić information content (AvgIpc) is 3.78. The molecule has 2 aromatic heterocycles. The van der Waals surface area contributed by atoms with Crippen LogP contribution >= 0.6 is 0 Å². The lowest BCUT2D eigenvalue weighted by Gasteiger charge is -2.26. The van der Waals surface area contributed by atoms with E-state index in [1.807, 2.05) is 68.6 Å². The van der Waals surface area contributed by atoms with Crippen molar-refractivity contribution in [3.05, 3.63) is 102 Å². The molecule has 4 aromatic rings. The molecule has 2 aromatic carbocycles. The number of rotatable bonds is 4. The molecule has 13 nitrogen and oxygen atoms in total. The summed E-state index contributed by atoms with van der Waals surface area (Å²) in [6, 6.07) is 16.4. The van der Waals surface area contributed by atoms with E-state index in [0.717, 1.165) is 11.1 Å². The first kappa shape index (κ1) is 33.9. The zero-order valence-corrected chi connectivity index (χ0v) is 27.1. The maximum Gasteiger partial charge on any atom is 0.257 e. The molecule has 2 atom stereocenters. The summed E-state index contributed by atoms with van der Waals surface area (Å²) in [4.78, 5) is 55.3. The van der Waals surface area contributed by atoms with Gasteiger partial charge in [-0.25, -0.2) is 4.68 Å². The van der Waals surface area contributed by atoms with Crippen LogP contribution in [-0.4, -0.2) is 81.8 Å². The number of amides is 4. The molecule has 1 aliphatic heterocycles. The van der Waals surface area contributed by atoms with Gasteiger partial charge in [0.1, 0.15) is 30.7 Å². The van der Waals surface area contributed by atoms with Crippen LogP contribution in [0.25, 0.3) is 0 Å². The van der Waals surface area contributed by atoms with Crippen molar-refractivity contribution >= 4 is 23.6 Å². The third kappa shape index (κ3) is 9.53. The van der Waals surface area contributed by atoms with Crippen molar-refractivity contribution in [3.63, 3.8) is 0 Å². The van der Waals surface area contributed by atoms with Crippen LogP contribution in [0.2, 0.25) is 0 Å². The van der Waals surface area contributed by atoms with Gasteiger partial charge >= 0.3 is 0 Å². The number of carbonyl (C=O) groups is 4. The van der Waals surface area contributed by atoms with E-state index in [1.165, 1.54) is 12.5 Å². The van der Waals surface area contributed by atoms with Gasteiger partial charge in [0, 0.05) is 38.7 Å². The van der Waals surface area contributed by atoms with Crippen molar-refractivity contribution in [2.24, 2.45) is 5.92 Å². The Balaban J connectivity index is 1.39. The number of furan rings is 1. The molecular formula is C35H41N7O6. The van der Waals surface area contributed by atoms with Crippen molar-refractivity contribution in [3.8, 4) is 5.75 Å². The second-order valence-electron chi connectivity index (χ2n) is 12.0. The predicted octanol–water partition coefficient (Wildman–Crippen LogP) is 2.18. The van der Waals surface area contributed by atoms with Gasteiger partial charge in [-0.3, -0.25) is 19.2 Å². The number of hydrogen-bond donors (Lipinski definition) is 3. The highest BCUT2D eigenvalue weighted by Gasteiger charge is 2.29. The van der Waals surface area contributed by atoms with Crippen LogP contribution in [0.4, 0.5) is 0 Å². The summed E-state index contributed by atoms with van der Waals surface area (Å²) in [5.74, 6) is -1.11. The third-order valence-electron chi connectivity index (χ3n) is 7.99. The number of ether oxygens (including phenoxy) is 1. The van der Waals surface area contributed by atoms with Crippen LogP contribution in [0.3, 0.4) is 0 Å². The molecule has 0 aliphatic carbocycles. The van der Waals surface area contributed by atoms with Crippen LogP contribution in [0.15, 0.2) is 83.8 Å². The molecule has 3 N–H and O–H groups in total.